The summed E-state index contributed by atoms with van der Waals surface area (Å²) < 4.78 is 62.0. The van der Waals surface area contributed by atoms with Crippen molar-refractivity contribution in [3.63, 3.8) is 0 Å². The third-order valence-electron chi connectivity index (χ3n) is 8.43. The minimum absolute atomic E-state index is 0.00801. The van der Waals surface area contributed by atoms with Gasteiger partial charge in [-0.15, -0.1) is 0 Å². The van der Waals surface area contributed by atoms with Gasteiger partial charge in [0.15, 0.2) is 0 Å². The van der Waals surface area contributed by atoms with Gasteiger partial charge < -0.3 is 0 Å². The summed E-state index contributed by atoms with van der Waals surface area (Å²) >= 11 is -2.87. The van der Waals surface area contributed by atoms with Crippen molar-refractivity contribution in [2.45, 2.75) is 99.3 Å². The first-order valence-electron chi connectivity index (χ1n) is 14.6. The standard InChI is InChI=1S/C20H19O4S2.3C4H9.Sn/c1-3-17-15-20(14-16(17)2,25(21,22)18-10-6-4-7-11-18)26(23,24)19-12-8-5-9-13-19;3*1-3-4-2;/h2-13,17H,1,14-15H2;3*1,3-4H2,2H3;. The van der Waals surface area contributed by atoms with Gasteiger partial charge in [0.2, 0.25) is 0 Å². The van der Waals surface area contributed by atoms with Crippen LogP contribution in [0.2, 0.25) is 13.3 Å². The molecule has 1 saturated carbocycles. The second kappa shape index (κ2) is 14.0. The molecule has 0 bridgehead atoms. The van der Waals surface area contributed by atoms with E-state index in [-0.39, 0.29) is 28.6 Å². The van der Waals surface area contributed by atoms with Crippen molar-refractivity contribution in [1.29, 1.82) is 0 Å². The summed E-state index contributed by atoms with van der Waals surface area (Å²) in [5, 5.41) is 0. The molecule has 0 saturated heterocycles. The monoisotopic (exact) mass is 678 g/mol. The van der Waals surface area contributed by atoms with Gasteiger partial charge in [-0.2, -0.15) is 0 Å². The first kappa shape index (κ1) is 32.1. The first-order chi connectivity index (χ1) is 18.6. The third-order valence-corrected chi connectivity index (χ3v) is 28.5. The Hall–Kier alpha value is -1.38. The molecule has 0 aromatic heterocycles. The van der Waals surface area contributed by atoms with Crippen LogP contribution in [0.5, 0.6) is 0 Å². The Kier molecular flexibility index (Phi) is 11.5. The Balaban J connectivity index is 2.26. The van der Waals surface area contributed by atoms with Crippen molar-refractivity contribution >= 4 is 38.1 Å². The van der Waals surface area contributed by atoms with Gasteiger partial charge in [-0.1, -0.05) is 0 Å². The van der Waals surface area contributed by atoms with Crippen LogP contribution in [-0.4, -0.2) is 39.3 Å². The molecule has 0 radical (unpaired) electrons. The van der Waals surface area contributed by atoms with Crippen LogP contribution in [0, 0.1) is 5.92 Å². The molecule has 1 aliphatic rings. The molecule has 1 aliphatic carbocycles. The van der Waals surface area contributed by atoms with Crippen molar-refractivity contribution in [2.75, 3.05) is 0 Å². The summed E-state index contributed by atoms with van der Waals surface area (Å²) in [5.41, 5.74) is 1.00. The molecule has 2 aromatic carbocycles. The van der Waals surface area contributed by atoms with Crippen LogP contribution in [0.3, 0.4) is 0 Å². The molecule has 1 atom stereocenters. The molecule has 1 unspecified atom stereocenters. The van der Waals surface area contributed by atoms with Gasteiger partial charge in [0.1, 0.15) is 0 Å². The normalized spacial score (nSPS) is 18.8. The predicted molar refractivity (Wildman–Crippen MR) is 166 cm³/mol. The Morgan fingerprint density at radius 1 is 0.769 bits per heavy atom. The molecule has 0 aliphatic heterocycles. The van der Waals surface area contributed by atoms with E-state index in [0.717, 1.165) is 24.8 Å². The average Bonchev–Trinajstić information content (AvgIpc) is 3.35. The van der Waals surface area contributed by atoms with Crippen molar-refractivity contribution in [1.82, 2.24) is 0 Å². The van der Waals surface area contributed by atoms with Crippen molar-refractivity contribution in [3.05, 3.63) is 83.0 Å². The molecular weight excluding hydrogens is 631 g/mol. The molecule has 0 N–H and O–H groups in total. The number of rotatable bonds is 15. The fourth-order valence-electron chi connectivity index (χ4n) is 6.13. The Labute approximate surface area is 241 Å². The minimum atomic E-state index is -4.24. The van der Waals surface area contributed by atoms with Crippen LogP contribution in [0.25, 0.3) is 0 Å². The van der Waals surface area contributed by atoms with Crippen LogP contribution in [-0.2, 0) is 19.7 Å². The number of benzene rings is 2. The van der Waals surface area contributed by atoms with Crippen LogP contribution in [0.4, 0.5) is 0 Å². The molecule has 214 valence electrons. The third kappa shape index (κ3) is 6.75. The van der Waals surface area contributed by atoms with Crippen LogP contribution in [0.1, 0.15) is 72.1 Å². The summed E-state index contributed by atoms with van der Waals surface area (Å²) in [6.07, 6.45) is 8.78. The van der Waals surface area contributed by atoms with E-state index >= 15 is 0 Å². The van der Waals surface area contributed by atoms with E-state index in [2.05, 4.69) is 31.4 Å². The van der Waals surface area contributed by atoms with Crippen LogP contribution < -0.4 is 0 Å². The van der Waals surface area contributed by atoms with Gasteiger partial charge >= 0.3 is 243 Å². The van der Waals surface area contributed by atoms with E-state index in [1.807, 2.05) is 0 Å². The number of allylic oxidation sites excluding steroid dienone is 2. The topological polar surface area (TPSA) is 68.3 Å². The summed E-state index contributed by atoms with van der Waals surface area (Å²) in [5.74, 6) is -0.275. The van der Waals surface area contributed by atoms with Gasteiger partial charge in [0, 0.05) is 0 Å². The average molecular weight is 678 g/mol. The molecule has 1 fully saturated rings. The van der Waals surface area contributed by atoms with E-state index in [1.165, 1.54) is 56.8 Å². The zero-order chi connectivity index (χ0) is 28.6. The van der Waals surface area contributed by atoms with Crippen LogP contribution >= 0.6 is 0 Å². The summed E-state index contributed by atoms with van der Waals surface area (Å²) in [6, 6.07) is 16.2. The summed E-state index contributed by atoms with van der Waals surface area (Å²) in [6.45, 7) is 10.8. The van der Waals surface area contributed by atoms with Crippen molar-refractivity contribution in [2.24, 2.45) is 5.92 Å². The molecule has 39 heavy (non-hydrogen) atoms. The second-order valence-electron chi connectivity index (χ2n) is 11.2. The zero-order valence-corrected chi connectivity index (χ0v) is 28.4. The van der Waals surface area contributed by atoms with Gasteiger partial charge in [0.25, 0.3) is 0 Å². The van der Waals surface area contributed by atoms with Crippen LogP contribution in [0.15, 0.2) is 92.8 Å². The number of hydrogen-bond acceptors (Lipinski definition) is 4. The molecule has 0 spiro atoms. The Bertz CT molecular complexity index is 1230. The second-order valence-corrected chi connectivity index (χ2v) is 28.8. The Morgan fingerprint density at radius 2 is 1.18 bits per heavy atom. The van der Waals surface area contributed by atoms with Crippen molar-refractivity contribution in [3.8, 4) is 0 Å². The SMILES string of the molecule is C=CC1CC(S(=O)(=O)c2ccccc2)(S(=O)(=O)c2ccccc2)C/C1=[CH]/[Sn]([CH2]CCC)([CH2]CCC)[CH2]CCC. The first-order valence-corrected chi connectivity index (χ1v) is 25.2. The molecule has 2 aromatic rings. The van der Waals surface area contributed by atoms with E-state index < -0.39 is 42.1 Å². The quantitative estimate of drug-likeness (QED) is 0.140. The van der Waals surface area contributed by atoms with E-state index in [1.54, 1.807) is 42.5 Å². The van der Waals surface area contributed by atoms with Crippen molar-refractivity contribution < 1.29 is 16.8 Å². The maximum atomic E-state index is 14.4. The fraction of sp³-hybridized carbons (Fsp3) is 0.500. The molecule has 3 rings (SSSR count). The molecule has 7 heteroatoms. The zero-order valence-electron chi connectivity index (χ0n) is 23.9. The van der Waals surface area contributed by atoms with Gasteiger partial charge in [-0.25, -0.2) is 0 Å². The molecule has 4 nitrogen and oxygen atoms in total. The number of unbranched alkanes of at least 4 members (excludes halogenated alkanes) is 3. The van der Waals surface area contributed by atoms with E-state index in [9.17, 15) is 16.8 Å². The van der Waals surface area contributed by atoms with E-state index in [0.29, 0.717) is 0 Å². The van der Waals surface area contributed by atoms with Gasteiger partial charge in [-0.05, 0) is 0 Å². The number of hydrogen-bond donors (Lipinski definition) is 0. The predicted octanol–water partition coefficient (Wildman–Crippen LogP) is 8.54. The fourth-order valence-corrected chi connectivity index (χ4v) is 26.8. The number of sulfone groups is 2. The maximum absolute atomic E-state index is 14.4. The van der Waals surface area contributed by atoms with Gasteiger partial charge in [-0.3, -0.25) is 0 Å². The van der Waals surface area contributed by atoms with E-state index in [4.69, 9.17) is 0 Å². The van der Waals surface area contributed by atoms with Gasteiger partial charge in [0.05, 0.1) is 0 Å². The molecule has 0 amide bonds. The molecule has 0 heterocycles. The summed E-state index contributed by atoms with van der Waals surface area (Å²) in [7, 11) is -8.48. The Morgan fingerprint density at radius 3 is 1.54 bits per heavy atom. The molecular formula is C32H46O4S2Sn. The summed E-state index contributed by atoms with van der Waals surface area (Å²) in [4.78, 5) is 0.123.